The molecule has 1 N–H and O–H groups in total. The lowest BCUT2D eigenvalue weighted by molar-refractivity contribution is -0.135. The van der Waals surface area contributed by atoms with Crippen LogP contribution in [0.15, 0.2) is 0 Å². The number of hydrogen-bond acceptors (Lipinski definition) is 7. The zero-order valence-electron chi connectivity index (χ0n) is 15.1. The van der Waals surface area contributed by atoms with Crippen LogP contribution >= 0.6 is 0 Å². The van der Waals surface area contributed by atoms with Gasteiger partial charge in [0.1, 0.15) is 5.54 Å². The lowest BCUT2D eigenvalue weighted by Crippen LogP contribution is -2.57. The number of rotatable bonds is 7. The van der Waals surface area contributed by atoms with E-state index in [1.165, 1.54) is 0 Å². The van der Waals surface area contributed by atoms with Crippen LogP contribution in [0.25, 0.3) is 0 Å². The fraction of sp³-hybridized carbons (Fsp3) is 0.875. The zero-order chi connectivity index (χ0) is 17.7. The molecule has 0 bridgehead atoms. The summed E-state index contributed by atoms with van der Waals surface area (Å²) >= 11 is 0. The monoisotopic (exact) mass is 352 g/mol. The molecule has 9 heteroatoms. The summed E-state index contributed by atoms with van der Waals surface area (Å²) in [5.74, 6) is 1.34. The van der Waals surface area contributed by atoms with E-state index in [1.807, 2.05) is 4.68 Å². The van der Waals surface area contributed by atoms with Crippen LogP contribution in [0.4, 0.5) is 0 Å². The molecule has 0 saturated carbocycles. The Morgan fingerprint density at radius 2 is 2.24 bits per heavy atom. The highest BCUT2D eigenvalue weighted by Gasteiger charge is 2.47. The molecule has 1 amide bonds. The van der Waals surface area contributed by atoms with E-state index >= 15 is 0 Å². The smallest absolute Gasteiger partial charge is 0.242 e. The molecule has 1 aromatic rings. The minimum absolute atomic E-state index is 0.00435. The number of nitrogens with zero attached hydrogens (tertiary/aromatic N) is 5. The topological polar surface area (TPSA) is 94.4 Å². The Bertz CT molecular complexity index is 574. The Morgan fingerprint density at radius 3 is 2.96 bits per heavy atom. The van der Waals surface area contributed by atoms with Gasteiger partial charge in [0.25, 0.3) is 0 Å². The van der Waals surface area contributed by atoms with Gasteiger partial charge in [-0.15, -0.1) is 5.10 Å². The van der Waals surface area contributed by atoms with Crippen molar-refractivity contribution in [3.8, 4) is 0 Å². The maximum Gasteiger partial charge on any atom is 0.242 e. The minimum Gasteiger partial charge on any atom is -0.382 e. The lowest BCUT2D eigenvalue weighted by atomic mass is 9.95. The Morgan fingerprint density at radius 1 is 1.44 bits per heavy atom. The number of carbonyl (C=O) groups is 1. The standard InChI is InChI=1S/C16H28N6O3/c1-17-15(23)16(12-24-2)6-3-7-21(16)11-14-18-19-20-22(14)10-13-4-8-25-9-5-13/h13H,3-12H2,1-2H3,(H,17,23). The fourth-order valence-electron chi connectivity index (χ4n) is 3.95. The van der Waals surface area contributed by atoms with E-state index in [-0.39, 0.29) is 5.91 Å². The normalized spacial score (nSPS) is 25.4. The minimum atomic E-state index is -0.640. The van der Waals surface area contributed by atoms with Crippen molar-refractivity contribution in [3.05, 3.63) is 5.82 Å². The summed E-state index contributed by atoms with van der Waals surface area (Å²) in [6.07, 6.45) is 3.81. The Balaban J connectivity index is 1.72. The Labute approximate surface area is 148 Å². The van der Waals surface area contributed by atoms with Crippen molar-refractivity contribution in [1.82, 2.24) is 30.4 Å². The summed E-state index contributed by atoms with van der Waals surface area (Å²) in [4.78, 5) is 14.7. The average molecular weight is 352 g/mol. The van der Waals surface area contributed by atoms with Crippen molar-refractivity contribution < 1.29 is 14.3 Å². The average Bonchev–Trinajstić information content (AvgIpc) is 3.24. The van der Waals surface area contributed by atoms with Gasteiger partial charge >= 0.3 is 0 Å². The molecule has 2 aliphatic heterocycles. The highest BCUT2D eigenvalue weighted by molar-refractivity contribution is 5.86. The van der Waals surface area contributed by atoms with E-state index in [0.29, 0.717) is 19.1 Å². The number of carbonyl (C=O) groups excluding carboxylic acids is 1. The first-order valence-corrected chi connectivity index (χ1v) is 8.98. The summed E-state index contributed by atoms with van der Waals surface area (Å²) in [6, 6.07) is 0. The lowest BCUT2D eigenvalue weighted by Gasteiger charge is -2.35. The summed E-state index contributed by atoms with van der Waals surface area (Å²) in [5, 5.41) is 15.0. The second-order valence-corrected chi connectivity index (χ2v) is 6.90. The molecule has 0 aromatic carbocycles. The second kappa shape index (κ2) is 8.20. The predicted octanol–water partition coefficient (Wildman–Crippen LogP) is -0.173. The van der Waals surface area contributed by atoms with E-state index < -0.39 is 5.54 Å². The van der Waals surface area contributed by atoms with Gasteiger partial charge < -0.3 is 14.8 Å². The summed E-state index contributed by atoms with van der Waals surface area (Å²) in [6.45, 7) is 4.17. The number of tetrazole rings is 1. The summed E-state index contributed by atoms with van der Waals surface area (Å²) in [5.41, 5.74) is -0.640. The number of ether oxygens (including phenoxy) is 2. The molecule has 0 radical (unpaired) electrons. The highest BCUT2D eigenvalue weighted by Crippen LogP contribution is 2.31. The van der Waals surface area contributed by atoms with Gasteiger partial charge in [-0.25, -0.2) is 4.68 Å². The van der Waals surface area contributed by atoms with E-state index in [4.69, 9.17) is 9.47 Å². The van der Waals surface area contributed by atoms with Gasteiger partial charge in [-0.05, 0) is 48.6 Å². The van der Waals surface area contributed by atoms with Gasteiger partial charge in [0.2, 0.25) is 5.91 Å². The SMILES string of the molecule is CNC(=O)C1(COC)CCCN1Cc1nnnn1CC1CCOCC1. The molecule has 9 nitrogen and oxygen atoms in total. The predicted molar refractivity (Wildman–Crippen MR) is 89.7 cm³/mol. The molecule has 25 heavy (non-hydrogen) atoms. The van der Waals surface area contributed by atoms with Crippen LogP contribution in [0.2, 0.25) is 0 Å². The first kappa shape index (κ1) is 18.2. The van der Waals surface area contributed by atoms with Crippen LogP contribution < -0.4 is 5.32 Å². The highest BCUT2D eigenvalue weighted by atomic mass is 16.5. The molecule has 3 heterocycles. The second-order valence-electron chi connectivity index (χ2n) is 6.90. The van der Waals surface area contributed by atoms with E-state index in [0.717, 1.165) is 57.8 Å². The van der Waals surface area contributed by atoms with Gasteiger partial charge in [-0.1, -0.05) is 0 Å². The summed E-state index contributed by atoms with van der Waals surface area (Å²) < 4.78 is 12.7. The van der Waals surface area contributed by atoms with Crippen molar-refractivity contribution in [1.29, 1.82) is 0 Å². The quantitative estimate of drug-likeness (QED) is 0.728. The molecular weight excluding hydrogens is 324 g/mol. The molecule has 3 rings (SSSR count). The third-order valence-electron chi connectivity index (χ3n) is 5.37. The van der Waals surface area contributed by atoms with E-state index in [2.05, 4.69) is 25.7 Å². The number of likely N-dealkylation sites (N-methyl/N-ethyl adjacent to an activating group) is 1. The first-order chi connectivity index (χ1) is 12.2. The number of aromatic nitrogens is 4. The van der Waals surface area contributed by atoms with Gasteiger partial charge in [0, 0.05) is 33.9 Å². The van der Waals surface area contributed by atoms with Crippen LogP contribution in [0, 0.1) is 5.92 Å². The summed E-state index contributed by atoms with van der Waals surface area (Å²) in [7, 11) is 3.31. The number of hydrogen-bond donors (Lipinski definition) is 1. The van der Waals surface area contributed by atoms with Crippen LogP contribution in [-0.2, 0) is 27.4 Å². The third-order valence-corrected chi connectivity index (χ3v) is 5.37. The van der Waals surface area contributed by atoms with Gasteiger partial charge in [0.05, 0.1) is 13.2 Å². The van der Waals surface area contributed by atoms with Crippen LogP contribution in [-0.4, -0.2) is 77.1 Å². The van der Waals surface area contributed by atoms with E-state index in [1.54, 1.807) is 14.2 Å². The largest absolute Gasteiger partial charge is 0.382 e. The zero-order valence-corrected chi connectivity index (χ0v) is 15.1. The van der Waals surface area contributed by atoms with Crippen molar-refractivity contribution in [3.63, 3.8) is 0 Å². The first-order valence-electron chi connectivity index (χ1n) is 8.98. The maximum atomic E-state index is 12.6. The Hall–Kier alpha value is -1.58. The third kappa shape index (κ3) is 3.83. The molecule has 0 aliphatic carbocycles. The van der Waals surface area contributed by atoms with Crippen molar-refractivity contribution >= 4 is 5.91 Å². The Kier molecular flexibility index (Phi) is 5.98. The van der Waals surface area contributed by atoms with Gasteiger partial charge in [0.15, 0.2) is 5.82 Å². The fourth-order valence-corrected chi connectivity index (χ4v) is 3.95. The van der Waals surface area contributed by atoms with Gasteiger partial charge in [-0.2, -0.15) is 0 Å². The molecule has 140 valence electrons. The molecular formula is C16H28N6O3. The molecule has 2 saturated heterocycles. The van der Waals surface area contributed by atoms with Gasteiger partial charge in [-0.3, -0.25) is 9.69 Å². The van der Waals surface area contributed by atoms with Crippen molar-refractivity contribution in [2.75, 3.05) is 40.5 Å². The van der Waals surface area contributed by atoms with Crippen LogP contribution in [0.5, 0.6) is 0 Å². The molecule has 2 aliphatic rings. The van der Waals surface area contributed by atoms with Crippen molar-refractivity contribution in [2.24, 2.45) is 5.92 Å². The number of nitrogens with one attached hydrogen (secondary N) is 1. The number of likely N-dealkylation sites (tertiary alicyclic amines) is 1. The van der Waals surface area contributed by atoms with Crippen LogP contribution in [0.3, 0.4) is 0 Å². The maximum absolute atomic E-state index is 12.6. The molecule has 0 spiro atoms. The van der Waals surface area contributed by atoms with Crippen molar-refractivity contribution in [2.45, 2.75) is 44.3 Å². The molecule has 2 fully saturated rings. The molecule has 1 aromatic heterocycles. The number of amides is 1. The molecule has 1 atom stereocenters. The van der Waals surface area contributed by atoms with E-state index in [9.17, 15) is 4.79 Å². The number of methoxy groups -OCH3 is 1. The van der Waals surface area contributed by atoms with Crippen LogP contribution in [0.1, 0.15) is 31.5 Å². The molecule has 1 unspecified atom stereocenters.